The van der Waals surface area contributed by atoms with E-state index in [4.69, 9.17) is 0 Å². The van der Waals surface area contributed by atoms with Gasteiger partial charge in [0.2, 0.25) is 0 Å². The third-order valence-corrected chi connectivity index (χ3v) is 13.3. The van der Waals surface area contributed by atoms with E-state index in [1.807, 2.05) is 0 Å². The minimum atomic E-state index is -2.29. The molecule has 1 aliphatic carbocycles. The van der Waals surface area contributed by atoms with Gasteiger partial charge in [0, 0.05) is 0 Å². The van der Waals surface area contributed by atoms with Gasteiger partial charge in [0.1, 0.15) is 0 Å². The molecule has 0 heterocycles. The van der Waals surface area contributed by atoms with Crippen molar-refractivity contribution in [3.05, 3.63) is 45.3 Å². The van der Waals surface area contributed by atoms with E-state index in [1.165, 1.54) is 11.4 Å². The van der Waals surface area contributed by atoms with E-state index >= 15 is 0 Å². The summed E-state index contributed by atoms with van der Waals surface area (Å²) in [6, 6.07) is 0. The van der Waals surface area contributed by atoms with E-state index in [0.717, 1.165) is 0 Å². The minimum absolute atomic E-state index is 1.17. The summed E-state index contributed by atoms with van der Waals surface area (Å²) in [5, 5.41) is 1.30. The normalized spacial score (nSPS) is 19.7. The summed E-state index contributed by atoms with van der Waals surface area (Å²) in [6.45, 7) is 4.41. The molecule has 0 unspecified atom stereocenters. The summed E-state index contributed by atoms with van der Waals surface area (Å²) >= 11 is -2.29. The van der Waals surface area contributed by atoms with Crippen molar-refractivity contribution in [2.24, 2.45) is 0 Å². The van der Waals surface area contributed by atoms with Crippen molar-refractivity contribution < 1.29 is 13.6 Å². The van der Waals surface area contributed by atoms with Crippen molar-refractivity contribution >= 4 is 0 Å². The van der Waals surface area contributed by atoms with Crippen LogP contribution < -0.4 is 0 Å². The van der Waals surface area contributed by atoms with Crippen molar-refractivity contribution in [2.75, 3.05) is 0 Å². The molecule has 0 aromatic heterocycles. The van der Waals surface area contributed by atoms with Gasteiger partial charge in [-0.25, -0.2) is 0 Å². The molecule has 0 nitrogen and oxygen atoms in total. The third-order valence-electron chi connectivity index (χ3n) is 2.98. The van der Waals surface area contributed by atoms with Crippen molar-refractivity contribution in [3.63, 3.8) is 0 Å². The Hall–Kier alpha value is -0.417. The molecule has 0 radical (unpaired) electrons. The Kier molecular flexibility index (Phi) is 3.89. The fourth-order valence-corrected chi connectivity index (χ4v) is 6.86. The van der Waals surface area contributed by atoms with E-state index in [0.29, 0.717) is 0 Å². The summed E-state index contributed by atoms with van der Waals surface area (Å²) < 4.78 is 4.20. The molecule has 0 saturated heterocycles. The predicted octanol–water partition coefficient (Wildman–Crippen LogP) is 5.14. The van der Waals surface area contributed by atoms with Crippen LogP contribution in [0.25, 0.3) is 0 Å². The first kappa shape index (κ1) is 12.7. The molecule has 0 atom stereocenters. The molecule has 0 N–H and O–H groups in total. The van der Waals surface area contributed by atoms with Crippen LogP contribution in [0.1, 0.15) is 20.3 Å². The maximum atomic E-state index is 2.51. The molecule has 0 aromatic rings. The maximum absolute atomic E-state index is 2.51. The topological polar surface area (TPSA) is 0 Å². The van der Waals surface area contributed by atoms with Gasteiger partial charge in [0.05, 0.1) is 0 Å². The Balaban J connectivity index is 2.99. The van der Waals surface area contributed by atoms with Gasteiger partial charge < -0.3 is 0 Å². The summed E-state index contributed by atoms with van der Waals surface area (Å²) in [6.07, 6.45) is 14.5. The molecule has 0 spiro atoms. The zero-order valence-corrected chi connectivity index (χ0v) is 12.0. The van der Waals surface area contributed by atoms with Crippen LogP contribution in [0.2, 0.25) is 16.1 Å². The molecule has 1 heteroatoms. The van der Waals surface area contributed by atoms with Crippen LogP contribution in [-0.4, -0.2) is 0 Å². The molecular weight excluding hydrogens is 269 g/mol. The molecule has 0 amide bonds. The van der Waals surface area contributed by atoms with Gasteiger partial charge in [-0.3, -0.25) is 0 Å². The second-order valence-electron chi connectivity index (χ2n) is 4.30. The molecule has 87 valence electrons. The summed E-state index contributed by atoms with van der Waals surface area (Å²) in [7, 11) is 0. The van der Waals surface area contributed by atoms with Crippen LogP contribution in [0.15, 0.2) is 45.3 Å². The van der Waals surface area contributed by atoms with Crippen LogP contribution in [0.3, 0.4) is 0 Å². The van der Waals surface area contributed by atoms with Crippen LogP contribution in [0, 0.1) is 0 Å². The second kappa shape index (κ2) is 4.62. The summed E-state index contributed by atoms with van der Waals surface area (Å²) in [5.74, 6) is 0. The standard InChI is InChI=1S/C5H5.C5H7.C2H5.2CH3.Ru/c1-2-4-5-3-1;1-3-5-4-2;1-2;;;/h1-3H,4H2;1,3-5H,2H3;1H2,2H3;2*1H3;/b;3-1?,5-4+;;;;. The van der Waals surface area contributed by atoms with Crippen molar-refractivity contribution in [1.82, 2.24) is 0 Å². The Bertz CT molecular complexity index is 340. The van der Waals surface area contributed by atoms with Crippen molar-refractivity contribution in [2.45, 2.75) is 36.3 Å². The van der Waals surface area contributed by atoms with Gasteiger partial charge in [-0.1, -0.05) is 0 Å². The Morgan fingerprint density at radius 2 is 2.07 bits per heavy atom. The van der Waals surface area contributed by atoms with Crippen molar-refractivity contribution in [3.8, 4) is 0 Å². The summed E-state index contributed by atoms with van der Waals surface area (Å²) in [4.78, 5) is 0. The Morgan fingerprint density at radius 3 is 2.53 bits per heavy atom. The average molecular weight is 292 g/mol. The molecule has 1 aliphatic rings. The van der Waals surface area contributed by atoms with Gasteiger partial charge in [-0.05, 0) is 0 Å². The third kappa shape index (κ3) is 2.78. The second-order valence-corrected chi connectivity index (χ2v) is 17.0. The zero-order chi connectivity index (χ0) is 11.4. The van der Waals surface area contributed by atoms with E-state index in [2.05, 4.69) is 66.0 Å². The van der Waals surface area contributed by atoms with Gasteiger partial charge in [0.25, 0.3) is 0 Å². The molecule has 0 saturated carbocycles. The fourth-order valence-electron chi connectivity index (χ4n) is 1.53. The molecule has 0 aliphatic heterocycles. The number of allylic oxidation sites excluding steroid dienone is 7. The molecular formula is C14H23Ru. The molecule has 1 rings (SSSR count). The zero-order valence-electron chi connectivity index (χ0n) is 10.3. The SMILES string of the molecule is C/C=C/C=[CH]/[Ru]([CH3])([CH3])([CH2]C)[C]1=CC=CC1. The molecule has 0 bridgehead atoms. The first-order valence-corrected chi connectivity index (χ1v) is 11.9. The first-order valence-electron chi connectivity index (χ1n) is 5.34. The van der Waals surface area contributed by atoms with Crippen molar-refractivity contribution in [1.29, 1.82) is 0 Å². The van der Waals surface area contributed by atoms with E-state index in [9.17, 15) is 0 Å². The van der Waals surface area contributed by atoms with E-state index in [-0.39, 0.29) is 0 Å². The number of hydrogen-bond acceptors (Lipinski definition) is 0. The van der Waals surface area contributed by atoms with E-state index in [1.54, 1.807) is 4.17 Å². The van der Waals surface area contributed by atoms with Crippen LogP contribution in [0.5, 0.6) is 0 Å². The van der Waals surface area contributed by atoms with Crippen LogP contribution in [0.4, 0.5) is 0 Å². The monoisotopic (exact) mass is 293 g/mol. The molecule has 0 aromatic carbocycles. The predicted molar refractivity (Wildman–Crippen MR) is 68.0 cm³/mol. The van der Waals surface area contributed by atoms with Crippen LogP contribution in [-0.2, 0) is 13.6 Å². The number of rotatable bonds is 4. The molecule has 15 heavy (non-hydrogen) atoms. The quantitative estimate of drug-likeness (QED) is 0.497. The van der Waals surface area contributed by atoms with Gasteiger partial charge >= 0.3 is 95.2 Å². The van der Waals surface area contributed by atoms with Gasteiger partial charge in [-0.15, -0.1) is 0 Å². The van der Waals surface area contributed by atoms with Gasteiger partial charge in [-0.2, -0.15) is 0 Å². The Morgan fingerprint density at radius 1 is 1.33 bits per heavy atom. The number of hydrogen-bond donors (Lipinski definition) is 0. The first-order chi connectivity index (χ1) is 7.02. The van der Waals surface area contributed by atoms with Gasteiger partial charge in [0.15, 0.2) is 0 Å². The van der Waals surface area contributed by atoms with E-state index < -0.39 is 13.6 Å². The average Bonchev–Trinajstić information content (AvgIpc) is 2.72. The fraction of sp³-hybridized carbons (Fsp3) is 0.429. The summed E-state index contributed by atoms with van der Waals surface area (Å²) in [5.41, 5.74) is 5.02. The Labute approximate surface area is 95.2 Å². The molecule has 0 fully saturated rings. The van der Waals surface area contributed by atoms with Crippen LogP contribution >= 0.6 is 0 Å².